The van der Waals surface area contributed by atoms with Crippen LogP contribution in [0.25, 0.3) is 0 Å². The molecule has 2 rings (SSSR count). The van der Waals surface area contributed by atoms with Crippen LogP contribution < -0.4 is 5.32 Å². The van der Waals surface area contributed by atoms with Gasteiger partial charge in [0.15, 0.2) is 0 Å². The van der Waals surface area contributed by atoms with Gasteiger partial charge in [0.2, 0.25) is 0 Å². The van der Waals surface area contributed by atoms with E-state index in [1.165, 1.54) is 6.42 Å². The first kappa shape index (κ1) is 12.5. The Bertz CT molecular complexity index is 341. The number of hydrogen-bond acceptors (Lipinski definition) is 4. The summed E-state index contributed by atoms with van der Waals surface area (Å²) in [6.07, 6.45) is 5.82. The molecule has 0 aliphatic carbocycles. The van der Waals surface area contributed by atoms with Gasteiger partial charge in [0.05, 0.1) is 5.69 Å². The molecule has 4 heteroatoms. The summed E-state index contributed by atoms with van der Waals surface area (Å²) < 4.78 is 0. The minimum Gasteiger partial charge on any atom is -0.310 e. The minimum absolute atomic E-state index is 0.240. The van der Waals surface area contributed by atoms with E-state index in [1.807, 2.05) is 12.3 Å². The third-order valence-electron chi connectivity index (χ3n) is 3.58. The predicted octanol–water partition coefficient (Wildman–Crippen LogP) is 1.44. The lowest BCUT2D eigenvalue weighted by Crippen LogP contribution is -2.48. The van der Waals surface area contributed by atoms with Crippen molar-refractivity contribution >= 4 is 0 Å². The molecule has 2 heterocycles. The van der Waals surface area contributed by atoms with Crippen molar-refractivity contribution in [2.75, 3.05) is 19.6 Å². The van der Waals surface area contributed by atoms with Crippen LogP contribution in [0.1, 0.15) is 32.4 Å². The molecule has 1 atom stereocenters. The lowest BCUT2D eigenvalue weighted by atomic mass is 9.98. The summed E-state index contributed by atoms with van der Waals surface area (Å²) in [5, 5.41) is 3.65. The van der Waals surface area contributed by atoms with Crippen LogP contribution in [0.15, 0.2) is 18.6 Å². The molecule has 1 aromatic heterocycles. The van der Waals surface area contributed by atoms with Gasteiger partial charge < -0.3 is 5.32 Å². The summed E-state index contributed by atoms with van der Waals surface area (Å²) in [5.74, 6) is 0. The Hall–Kier alpha value is -1.00. The second-order valence-corrected chi connectivity index (χ2v) is 5.11. The van der Waals surface area contributed by atoms with Crippen molar-refractivity contribution in [3.8, 4) is 0 Å². The first-order valence-corrected chi connectivity index (χ1v) is 6.44. The van der Waals surface area contributed by atoms with Gasteiger partial charge in [0.25, 0.3) is 0 Å². The van der Waals surface area contributed by atoms with Gasteiger partial charge in [-0.3, -0.25) is 4.90 Å². The lowest BCUT2D eigenvalue weighted by molar-refractivity contribution is 0.206. The number of nitrogens with zero attached hydrogens (tertiary/aromatic N) is 3. The highest BCUT2D eigenvalue weighted by Gasteiger charge is 2.26. The van der Waals surface area contributed by atoms with Gasteiger partial charge in [-0.2, -0.15) is 0 Å². The highest BCUT2D eigenvalue weighted by molar-refractivity contribution is 4.99. The fraction of sp³-hybridized carbons (Fsp3) is 0.692. The lowest BCUT2D eigenvalue weighted by Gasteiger charge is -2.32. The molecule has 0 bridgehead atoms. The van der Waals surface area contributed by atoms with Crippen LogP contribution in [0.4, 0.5) is 0 Å². The predicted molar refractivity (Wildman–Crippen MR) is 68.6 cm³/mol. The maximum atomic E-state index is 4.30. The van der Waals surface area contributed by atoms with Crippen molar-refractivity contribution in [2.45, 2.75) is 38.8 Å². The van der Waals surface area contributed by atoms with Crippen LogP contribution >= 0.6 is 0 Å². The highest BCUT2D eigenvalue weighted by atomic mass is 15.2. The third kappa shape index (κ3) is 3.48. The largest absolute Gasteiger partial charge is 0.310 e. The summed E-state index contributed by atoms with van der Waals surface area (Å²) >= 11 is 0. The summed E-state index contributed by atoms with van der Waals surface area (Å²) in [5.41, 5.74) is 1.35. The van der Waals surface area contributed by atoms with Crippen molar-refractivity contribution in [3.05, 3.63) is 24.3 Å². The van der Waals surface area contributed by atoms with E-state index in [1.54, 1.807) is 6.33 Å². The molecule has 4 nitrogen and oxygen atoms in total. The molecule has 1 aliphatic heterocycles. The Kier molecular flexibility index (Phi) is 4.07. The average Bonchev–Trinajstić information content (AvgIpc) is 2.53. The quantitative estimate of drug-likeness (QED) is 0.859. The fourth-order valence-corrected chi connectivity index (χ4v) is 2.33. The number of rotatable bonds is 3. The second kappa shape index (κ2) is 5.56. The molecule has 1 N–H and O–H groups in total. The molecule has 1 unspecified atom stereocenters. The van der Waals surface area contributed by atoms with Crippen LogP contribution in [0, 0.1) is 0 Å². The zero-order chi connectivity index (χ0) is 12.1. The first-order chi connectivity index (χ1) is 8.22. The maximum absolute atomic E-state index is 4.30. The molecular weight excluding hydrogens is 212 g/mol. The van der Waals surface area contributed by atoms with Crippen molar-refractivity contribution in [3.63, 3.8) is 0 Å². The smallest absolute Gasteiger partial charge is 0.115 e. The average molecular weight is 234 g/mol. The summed E-state index contributed by atoms with van der Waals surface area (Å²) in [7, 11) is 0. The Morgan fingerprint density at radius 3 is 3.12 bits per heavy atom. The number of aromatic nitrogens is 2. The van der Waals surface area contributed by atoms with Crippen LogP contribution in [-0.2, 0) is 6.54 Å². The molecule has 0 amide bonds. The van der Waals surface area contributed by atoms with E-state index in [-0.39, 0.29) is 5.54 Å². The van der Waals surface area contributed by atoms with Crippen LogP contribution in [-0.4, -0.2) is 40.0 Å². The molecule has 0 radical (unpaired) electrons. The van der Waals surface area contributed by atoms with Gasteiger partial charge >= 0.3 is 0 Å². The topological polar surface area (TPSA) is 41.1 Å². The van der Waals surface area contributed by atoms with Gasteiger partial charge in [-0.25, -0.2) is 9.97 Å². The maximum Gasteiger partial charge on any atom is 0.115 e. The van der Waals surface area contributed by atoms with Crippen molar-refractivity contribution < 1.29 is 0 Å². The zero-order valence-electron chi connectivity index (χ0n) is 10.8. The highest BCUT2D eigenvalue weighted by Crippen LogP contribution is 2.16. The Balaban J connectivity index is 2.00. The minimum atomic E-state index is 0.240. The molecular formula is C13H22N4. The zero-order valence-corrected chi connectivity index (χ0v) is 10.8. The van der Waals surface area contributed by atoms with Crippen LogP contribution in [0.2, 0.25) is 0 Å². The molecule has 94 valence electrons. The Morgan fingerprint density at radius 2 is 2.41 bits per heavy atom. The standard InChI is InChI=1S/C13H22N4/c1-3-13(2)10-17(8-4-6-16-13)9-12-5-7-14-11-15-12/h5,7,11,16H,3-4,6,8-10H2,1-2H3. The molecule has 1 aromatic rings. The third-order valence-corrected chi connectivity index (χ3v) is 3.58. The van der Waals surface area contributed by atoms with E-state index in [0.717, 1.165) is 38.3 Å². The van der Waals surface area contributed by atoms with Crippen LogP contribution in [0.3, 0.4) is 0 Å². The Labute approximate surface area is 103 Å². The second-order valence-electron chi connectivity index (χ2n) is 5.11. The van der Waals surface area contributed by atoms with Crippen LogP contribution in [0.5, 0.6) is 0 Å². The molecule has 1 fully saturated rings. The van der Waals surface area contributed by atoms with E-state index < -0.39 is 0 Å². The number of hydrogen-bond donors (Lipinski definition) is 1. The van der Waals surface area contributed by atoms with Crippen molar-refractivity contribution in [1.82, 2.24) is 20.2 Å². The van der Waals surface area contributed by atoms with E-state index in [2.05, 4.69) is 34.0 Å². The van der Waals surface area contributed by atoms with Gasteiger partial charge in [-0.15, -0.1) is 0 Å². The summed E-state index contributed by atoms with van der Waals surface area (Å²) in [6, 6.07) is 2.00. The number of nitrogens with one attached hydrogen (secondary N) is 1. The van der Waals surface area contributed by atoms with Crippen molar-refractivity contribution in [2.24, 2.45) is 0 Å². The van der Waals surface area contributed by atoms with E-state index in [0.29, 0.717) is 0 Å². The van der Waals surface area contributed by atoms with Gasteiger partial charge in [-0.05, 0) is 38.9 Å². The molecule has 0 saturated carbocycles. The first-order valence-electron chi connectivity index (χ1n) is 6.44. The SMILES string of the molecule is CCC1(C)CN(Cc2ccncn2)CCCN1. The van der Waals surface area contributed by atoms with Gasteiger partial charge in [0, 0.05) is 24.8 Å². The van der Waals surface area contributed by atoms with Gasteiger partial charge in [-0.1, -0.05) is 6.92 Å². The van der Waals surface area contributed by atoms with E-state index >= 15 is 0 Å². The summed E-state index contributed by atoms with van der Waals surface area (Å²) in [6.45, 7) is 8.84. The molecule has 0 aromatic carbocycles. The normalized spacial score (nSPS) is 26.7. The molecule has 0 spiro atoms. The molecule has 17 heavy (non-hydrogen) atoms. The molecule has 1 aliphatic rings. The van der Waals surface area contributed by atoms with E-state index in [4.69, 9.17) is 0 Å². The molecule has 1 saturated heterocycles. The van der Waals surface area contributed by atoms with Gasteiger partial charge in [0.1, 0.15) is 6.33 Å². The van der Waals surface area contributed by atoms with Crippen molar-refractivity contribution in [1.29, 1.82) is 0 Å². The monoisotopic (exact) mass is 234 g/mol. The van der Waals surface area contributed by atoms with E-state index in [9.17, 15) is 0 Å². The fourth-order valence-electron chi connectivity index (χ4n) is 2.33. The summed E-state index contributed by atoms with van der Waals surface area (Å²) in [4.78, 5) is 10.8. The Morgan fingerprint density at radius 1 is 1.53 bits per heavy atom.